The minimum absolute atomic E-state index is 0.603. The van der Waals surface area contributed by atoms with Crippen LogP contribution in [-0.2, 0) is 6.42 Å². The lowest BCUT2D eigenvalue weighted by molar-refractivity contribution is 0.796. The molecule has 78 valence electrons. The Balaban J connectivity index is 2.51. The van der Waals surface area contributed by atoms with Gasteiger partial charge in [-0.3, -0.25) is 0 Å². The van der Waals surface area contributed by atoms with Gasteiger partial charge in [0.15, 0.2) is 0 Å². The molecule has 1 aromatic carbocycles. The highest BCUT2D eigenvalue weighted by Crippen LogP contribution is 2.24. The number of hydrogen-bond acceptors (Lipinski definition) is 1. The highest BCUT2D eigenvalue weighted by atomic mass is 35.5. The second kappa shape index (κ2) is 4.63. The molecule has 0 radical (unpaired) electrons. The molecule has 2 heteroatoms. The van der Waals surface area contributed by atoms with E-state index in [1.165, 1.54) is 23.8 Å². The van der Waals surface area contributed by atoms with E-state index in [2.05, 4.69) is 18.0 Å². The maximum Gasteiger partial charge on any atom is 0.136 e. The molecule has 0 aliphatic heterocycles. The van der Waals surface area contributed by atoms with Crippen LogP contribution in [0.15, 0.2) is 30.5 Å². The van der Waals surface area contributed by atoms with Gasteiger partial charge < -0.3 is 0 Å². The Morgan fingerprint density at radius 1 is 1.20 bits per heavy atom. The van der Waals surface area contributed by atoms with E-state index in [4.69, 9.17) is 11.6 Å². The Kier molecular flexibility index (Phi) is 3.22. The number of unbranched alkanes of at least 4 members (excludes halogenated alkanes) is 1. The van der Waals surface area contributed by atoms with Gasteiger partial charge in [-0.25, -0.2) is 4.98 Å². The molecule has 0 unspecified atom stereocenters. The number of fused-ring (bicyclic) bond motifs is 1. The lowest BCUT2D eigenvalue weighted by Gasteiger charge is -2.06. The standard InChI is InChI=1S/C13H14ClN/c1-2-3-6-10-9-15-13(14)12-8-5-4-7-11(10)12/h4-5,7-9H,2-3,6H2,1H3. The SMILES string of the molecule is CCCCc1cnc(Cl)c2ccccc12. The van der Waals surface area contributed by atoms with Gasteiger partial charge in [0.2, 0.25) is 0 Å². The quantitative estimate of drug-likeness (QED) is 0.704. The molecule has 0 fully saturated rings. The summed E-state index contributed by atoms with van der Waals surface area (Å²) in [5.41, 5.74) is 1.30. The maximum atomic E-state index is 6.05. The van der Waals surface area contributed by atoms with Crippen molar-refractivity contribution in [1.82, 2.24) is 4.98 Å². The summed E-state index contributed by atoms with van der Waals surface area (Å²) in [6.07, 6.45) is 5.39. The zero-order valence-corrected chi connectivity index (χ0v) is 9.59. The lowest BCUT2D eigenvalue weighted by atomic mass is 10.0. The number of pyridine rings is 1. The number of rotatable bonds is 3. The predicted octanol–water partition coefficient (Wildman–Crippen LogP) is 4.23. The highest BCUT2D eigenvalue weighted by Gasteiger charge is 2.04. The van der Waals surface area contributed by atoms with Gasteiger partial charge in [0.1, 0.15) is 5.15 Å². The summed E-state index contributed by atoms with van der Waals surface area (Å²) in [6, 6.07) is 8.20. The molecule has 0 aliphatic carbocycles. The smallest absolute Gasteiger partial charge is 0.136 e. The van der Waals surface area contributed by atoms with Crippen LogP contribution in [0.2, 0.25) is 5.15 Å². The Morgan fingerprint density at radius 3 is 2.67 bits per heavy atom. The van der Waals surface area contributed by atoms with Crippen LogP contribution in [0.4, 0.5) is 0 Å². The van der Waals surface area contributed by atoms with Crippen LogP contribution in [0.1, 0.15) is 25.3 Å². The first kappa shape index (κ1) is 10.4. The van der Waals surface area contributed by atoms with E-state index >= 15 is 0 Å². The monoisotopic (exact) mass is 219 g/mol. The minimum Gasteiger partial charge on any atom is -0.244 e. The second-order valence-electron chi connectivity index (χ2n) is 3.72. The van der Waals surface area contributed by atoms with E-state index in [9.17, 15) is 0 Å². The maximum absolute atomic E-state index is 6.05. The van der Waals surface area contributed by atoms with Gasteiger partial charge in [-0.05, 0) is 23.8 Å². The molecule has 0 N–H and O–H groups in total. The summed E-state index contributed by atoms with van der Waals surface area (Å²) in [7, 11) is 0. The number of hydrogen-bond donors (Lipinski definition) is 0. The van der Waals surface area contributed by atoms with E-state index in [0.29, 0.717) is 5.15 Å². The third-order valence-electron chi connectivity index (χ3n) is 2.63. The summed E-state index contributed by atoms with van der Waals surface area (Å²) in [6.45, 7) is 2.20. The number of aryl methyl sites for hydroxylation is 1. The molecule has 0 aliphatic rings. The topological polar surface area (TPSA) is 12.9 Å². The van der Waals surface area contributed by atoms with Gasteiger partial charge in [-0.2, -0.15) is 0 Å². The fourth-order valence-corrected chi connectivity index (χ4v) is 2.00. The molecule has 1 nitrogen and oxygen atoms in total. The molecule has 0 spiro atoms. The second-order valence-corrected chi connectivity index (χ2v) is 4.08. The van der Waals surface area contributed by atoms with Crippen molar-refractivity contribution in [3.63, 3.8) is 0 Å². The van der Waals surface area contributed by atoms with Gasteiger partial charge in [-0.15, -0.1) is 0 Å². The number of benzene rings is 1. The molecule has 2 aromatic rings. The van der Waals surface area contributed by atoms with E-state index < -0.39 is 0 Å². The number of nitrogens with zero attached hydrogens (tertiary/aromatic N) is 1. The van der Waals surface area contributed by atoms with Gasteiger partial charge >= 0.3 is 0 Å². The largest absolute Gasteiger partial charge is 0.244 e. The molecule has 0 saturated carbocycles. The zero-order valence-electron chi connectivity index (χ0n) is 8.83. The zero-order chi connectivity index (χ0) is 10.7. The average molecular weight is 220 g/mol. The molecule has 15 heavy (non-hydrogen) atoms. The van der Waals surface area contributed by atoms with Crippen LogP contribution in [0.3, 0.4) is 0 Å². The van der Waals surface area contributed by atoms with Crippen molar-refractivity contribution >= 4 is 22.4 Å². The van der Waals surface area contributed by atoms with Gasteiger partial charge in [-0.1, -0.05) is 49.2 Å². The highest BCUT2D eigenvalue weighted by molar-refractivity contribution is 6.34. The van der Waals surface area contributed by atoms with Crippen LogP contribution in [0, 0.1) is 0 Å². The molecule has 0 atom stereocenters. The fraction of sp³-hybridized carbons (Fsp3) is 0.308. The lowest BCUT2D eigenvalue weighted by Crippen LogP contribution is -1.90. The molecule has 1 aromatic heterocycles. The van der Waals surface area contributed by atoms with Crippen molar-refractivity contribution in [2.45, 2.75) is 26.2 Å². The van der Waals surface area contributed by atoms with E-state index in [0.717, 1.165) is 11.8 Å². The van der Waals surface area contributed by atoms with Crippen LogP contribution in [0.25, 0.3) is 10.8 Å². The predicted molar refractivity (Wildman–Crippen MR) is 65.4 cm³/mol. The first-order chi connectivity index (χ1) is 7.33. The molecule has 2 rings (SSSR count). The molecule has 1 heterocycles. The van der Waals surface area contributed by atoms with Crippen molar-refractivity contribution in [3.05, 3.63) is 41.2 Å². The van der Waals surface area contributed by atoms with E-state index in [1.54, 1.807) is 0 Å². The van der Waals surface area contributed by atoms with Crippen LogP contribution >= 0.6 is 11.6 Å². The summed E-state index contributed by atoms with van der Waals surface area (Å²) in [4.78, 5) is 4.23. The summed E-state index contributed by atoms with van der Waals surface area (Å²) in [5.74, 6) is 0. The minimum atomic E-state index is 0.603. The third-order valence-corrected chi connectivity index (χ3v) is 2.93. The van der Waals surface area contributed by atoms with E-state index in [1.807, 2.05) is 24.4 Å². The number of halogens is 1. The molecule has 0 saturated heterocycles. The van der Waals surface area contributed by atoms with Gasteiger partial charge in [0.25, 0.3) is 0 Å². The van der Waals surface area contributed by atoms with Gasteiger partial charge in [0.05, 0.1) is 0 Å². The Bertz CT molecular complexity index is 465. The molecular weight excluding hydrogens is 206 g/mol. The normalized spacial score (nSPS) is 10.8. The van der Waals surface area contributed by atoms with Crippen molar-refractivity contribution in [3.8, 4) is 0 Å². The number of aromatic nitrogens is 1. The van der Waals surface area contributed by atoms with Gasteiger partial charge in [0, 0.05) is 11.6 Å². The van der Waals surface area contributed by atoms with Crippen LogP contribution in [0.5, 0.6) is 0 Å². The molecule has 0 amide bonds. The third kappa shape index (κ3) is 2.13. The first-order valence-corrected chi connectivity index (χ1v) is 5.73. The van der Waals surface area contributed by atoms with Crippen LogP contribution in [-0.4, -0.2) is 4.98 Å². The Hall–Kier alpha value is -1.08. The van der Waals surface area contributed by atoms with E-state index in [-0.39, 0.29) is 0 Å². The summed E-state index contributed by atoms with van der Waals surface area (Å²) < 4.78 is 0. The van der Waals surface area contributed by atoms with Crippen LogP contribution < -0.4 is 0 Å². The van der Waals surface area contributed by atoms with Crippen molar-refractivity contribution in [2.75, 3.05) is 0 Å². The summed E-state index contributed by atoms with van der Waals surface area (Å²) >= 11 is 6.05. The molecule has 0 bridgehead atoms. The summed E-state index contributed by atoms with van der Waals surface area (Å²) in [5, 5.41) is 2.91. The average Bonchev–Trinajstić information content (AvgIpc) is 2.29. The van der Waals surface area contributed by atoms with Crippen molar-refractivity contribution in [1.29, 1.82) is 0 Å². The van der Waals surface area contributed by atoms with Crippen molar-refractivity contribution < 1.29 is 0 Å². The fourth-order valence-electron chi connectivity index (χ4n) is 1.78. The Labute approximate surface area is 95.1 Å². The Morgan fingerprint density at radius 2 is 1.93 bits per heavy atom. The van der Waals surface area contributed by atoms with Crippen molar-refractivity contribution in [2.24, 2.45) is 0 Å². The molecular formula is C13H14ClN. The first-order valence-electron chi connectivity index (χ1n) is 5.35.